The predicted molar refractivity (Wildman–Crippen MR) is 109 cm³/mol. The zero-order valence-corrected chi connectivity index (χ0v) is 16.3. The number of anilines is 3. The Hall–Kier alpha value is -2.58. The van der Waals surface area contributed by atoms with Gasteiger partial charge in [-0.2, -0.15) is 4.98 Å². The lowest BCUT2D eigenvalue weighted by Gasteiger charge is -2.35. The van der Waals surface area contributed by atoms with E-state index in [-0.39, 0.29) is 6.03 Å². The number of hydrogen-bond acceptors (Lipinski definition) is 6. The number of ether oxygens (including phenoxy) is 1. The lowest BCUT2D eigenvalue weighted by Crippen LogP contribution is -2.50. The number of nitrogens with one attached hydrogen (secondary N) is 1. The lowest BCUT2D eigenvalue weighted by molar-refractivity contribution is 0.122. The van der Waals surface area contributed by atoms with Gasteiger partial charge in [0, 0.05) is 45.5 Å². The Morgan fingerprint density at radius 2 is 1.75 bits per heavy atom. The van der Waals surface area contributed by atoms with Crippen LogP contribution >= 0.6 is 11.6 Å². The van der Waals surface area contributed by atoms with Crippen molar-refractivity contribution in [2.45, 2.75) is 0 Å². The van der Waals surface area contributed by atoms with Crippen LogP contribution < -0.4 is 15.1 Å². The molecule has 0 radical (unpaired) electrons. The van der Waals surface area contributed by atoms with E-state index < -0.39 is 0 Å². The van der Waals surface area contributed by atoms with Gasteiger partial charge in [0.2, 0.25) is 5.95 Å². The van der Waals surface area contributed by atoms with E-state index in [0.29, 0.717) is 37.0 Å². The van der Waals surface area contributed by atoms with Crippen molar-refractivity contribution in [1.82, 2.24) is 14.9 Å². The number of para-hydroxylation sites is 1. The molecule has 1 aromatic carbocycles. The van der Waals surface area contributed by atoms with E-state index in [4.69, 9.17) is 21.3 Å². The number of morpholine rings is 1. The van der Waals surface area contributed by atoms with Gasteiger partial charge in [-0.25, -0.2) is 9.78 Å². The third-order valence-electron chi connectivity index (χ3n) is 4.93. The molecule has 1 N–H and O–H groups in total. The van der Waals surface area contributed by atoms with Gasteiger partial charge in [-0.1, -0.05) is 23.7 Å². The molecule has 2 saturated heterocycles. The number of aromatic nitrogens is 2. The number of carbonyl (C=O) groups excluding carboxylic acids is 1. The largest absolute Gasteiger partial charge is 0.378 e. The quantitative estimate of drug-likeness (QED) is 0.849. The number of nitrogens with zero attached hydrogens (tertiary/aromatic N) is 5. The zero-order chi connectivity index (χ0) is 19.3. The highest BCUT2D eigenvalue weighted by Crippen LogP contribution is 2.22. The molecule has 3 heterocycles. The van der Waals surface area contributed by atoms with Crippen molar-refractivity contribution in [3.05, 3.63) is 41.6 Å². The predicted octanol–water partition coefficient (Wildman–Crippen LogP) is 2.32. The molecule has 2 aliphatic heterocycles. The Bertz CT molecular complexity index is 822. The zero-order valence-electron chi connectivity index (χ0n) is 15.6. The topological polar surface area (TPSA) is 73.8 Å². The van der Waals surface area contributed by atoms with Crippen molar-refractivity contribution in [3.63, 3.8) is 0 Å². The molecule has 148 valence electrons. The average molecular weight is 403 g/mol. The minimum absolute atomic E-state index is 0.135. The Balaban J connectivity index is 1.35. The first-order chi connectivity index (χ1) is 13.7. The molecular weight excluding hydrogens is 380 g/mol. The first-order valence-electron chi connectivity index (χ1n) is 9.42. The summed E-state index contributed by atoms with van der Waals surface area (Å²) in [6, 6.07) is 9.03. The molecule has 28 heavy (non-hydrogen) atoms. The molecule has 2 amide bonds. The maximum absolute atomic E-state index is 12.5. The van der Waals surface area contributed by atoms with Crippen molar-refractivity contribution in [3.8, 4) is 0 Å². The van der Waals surface area contributed by atoms with E-state index in [1.54, 1.807) is 23.2 Å². The van der Waals surface area contributed by atoms with E-state index in [1.807, 2.05) is 18.2 Å². The van der Waals surface area contributed by atoms with Crippen molar-refractivity contribution >= 4 is 35.1 Å². The van der Waals surface area contributed by atoms with E-state index in [2.05, 4.69) is 20.1 Å². The second-order valence-corrected chi connectivity index (χ2v) is 7.11. The second-order valence-electron chi connectivity index (χ2n) is 6.70. The Morgan fingerprint density at radius 3 is 2.50 bits per heavy atom. The summed E-state index contributed by atoms with van der Waals surface area (Å²) in [7, 11) is 0. The van der Waals surface area contributed by atoms with Crippen LogP contribution in [0.2, 0.25) is 5.02 Å². The summed E-state index contributed by atoms with van der Waals surface area (Å²) in [4.78, 5) is 27.8. The summed E-state index contributed by atoms with van der Waals surface area (Å²) in [6.07, 6.45) is 1.80. The van der Waals surface area contributed by atoms with Gasteiger partial charge in [0.15, 0.2) is 0 Å². The van der Waals surface area contributed by atoms with Crippen LogP contribution in [0.25, 0.3) is 0 Å². The molecule has 4 rings (SSSR count). The number of rotatable bonds is 3. The fraction of sp³-hybridized carbons (Fsp3) is 0.421. The van der Waals surface area contributed by atoms with Crippen LogP contribution in [0.3, 0.4) is 0 Å². The SMILES string of the molecule is O=C(Nc1ccccc1Cl)N1CCN(c2ccnc(N3CCOCC3)n2)CC1. The van der Waals surface area contributed by atoms with Crippen LogP contribution in [0.4, 0.5) is 22.2 Å². The minimum atomic E-state index is -0.135. The number of piperazine rings is 1. The molecule has 0 spiro atoms. The highest BCUT2D eigenvalue weighted by Gasteiger charge is 2.23. The van der Waals surface area contributed by atoms with Gasteiger partial charge in [0.25, 0.3) is 0 Å². The third-order valence-corrected chi connectivity index (χ3v) is 5.26. The Labute approximate surface area is 169 Å². The Kier molecular flexibility index (Phi) is 5.78. The van der Waals surface area contributed by atoms with E-state index in [1.165, 1.54) is 0 Å². The van der Waals surface area contributed by atoms with Crippen LogP contribution in [-0.4, -0.2) is 73.4 Å². The summed E-state index contributed by atoms with van der Waals surface area (Å²) in [5, 5.41) is 3.41. The van der Waals surface area contributed by atoms with Crippen LogP contribution in [0.15, 0.2) is 36.5 Å². The van der Waals surface area contributed by atoms with Crippen molar-refractivity contribution in [2.75, 3.05) is 67.6 Å². The van der Waals surface area contributed by atoms with Gasteiger partial charge in [0.1, 0.15) is 5.82 Å². The summed E-state index contributed by atoms with van der Waals surface area (Å²) in [6.45, 7) is 5.68. The molecular formula is C19H23ClN6O2. The van der Waals surface area contributed by atoms with Gasteiger partial charge in [-0.15, -0.1) is 0 Å². The number of urea groups is 1. The molecule has 0 bridgehead atoms. The summed E-state index contributed by atoms with van der Waals surface area (Å²) in [5.74, 6) is 1.63. The second kappa shape index (κ2) is 8.62. The Morgan fingerprint density at radius 1 is 1.00 bits per heavy atom. The fourth-order valence-corrected chi connectivity index (χ4v) is 3.51. The normalized spacial score (nSPS) is 17.5. The number of benzene rings is 1. The van der Waals surface area contributed by atoms with Gasteiger partial charge in [0.05, 0.1) is 23.9 Å². The van der Waals surface area contributed by atoms with Gasteiger partial charge in [-0.05, 0) is 18.2 Å². The highest BCUT2D eigenvalue weighted by molar-refractivity contribution is 6.33. The fourth-order valence-electron chi connectivity index (χ4n) is 3.33. The van der Waals surface area contributed by atoms with Crippen LogP contribution in [-0.2, 0) is 4.74 Å². The summed E-state index contributed by atoms with van der Waals surface area (Å²) < 4.78 is 5.39. The maximum atomic E-state index is 12.5. The molecule has 1 aromatic heterocycles. The van der Waals surface area contributed by atoms with Crippen molar-refractivity contribution < 1.29 is 9.53 Å². The molecule has 2 aliphatic rings. The molecule has 8 nitrogen and oxygen atoms in total. The van der Waals surface area contributed by atoms with E-state index in [9.17, 15) is 4.79 Å². The number of hydrogen-bond donors (Lipinski definition) is 1. The number of amides is 2. The van der Waals surface area contributed by atoms with Crippen LogP contribution in [0, 0.1) is 0 Å². The molecule has 0 aliphatic carbocycles. The maximum Gasteiger partial charge on any atom is 0.322 e. The average Bonchev–Trinajstić information content (AvgIpc) is 2.76. The summed E-state index contributed by atoms with van der Waals surface area (Å²) in [5.41, 5.74) is 0.627. The van der Waals surface area contributed by atoms with Gasteiger partial charge in [-0.3, -0.25) is 0 Å². The molecule has 0 saturated carbocycles. The van der Waals surface area contributed by atoms with Crippen LogP contribution in [0.5, 0.6) is 0 Å². The lowest BCUT2D eigenvalue weighted by atomic mass is 10.3. The number of carbonyl (C=O) groups is 1. The molecule has 0 atom stereocenters. The van der Waals surface area contributed by atoms with E-state index in [0.717, 1.165) is 37.9 Å². The van der Waals surface area contributed by atoms with Crippen molar-refractivity contribution in [1.29, 1.82) is 0 Å². The first kappa shape index (κ1) is 18.8. The molecule has 9 heteroatoms. The van der Waals surface area contributed by atoms with Crippen molar-refractivity contribution in [2.24, 2.45) is 0 Å². The highest BCUT2D eigenvalue weighted by atomic mass is 35.5. The number of halogens is 1. The standard InChI is InChI=1S/C19H23ClN6O2/c20-15-3-1-2-4-16(15)22-19(27)26-9-7-24(8-10-26)17-5-6-21-18(23-17)25-11-13-28-14-12-25/h1-6H,7-14H2,(H,22,27). The smallest absolute Gasteiger partial charge is 0.322 e. The minimum Gasteiger partial charge on any atom is -0.378 e. The molecule has 2 aromatic rings. The monoisotopic (exact) mass is 402 g/mol. The molecule has 0 unspecified atom stereocenters. The van der Waals surface area contributed by atoms with Gasteiger partial charge < -0.3 is 24.8 Å². The molecule has 2 fully saturated rings. The summed E-state index contributed by atoms with van der Waals surface area (Å²) >= 11 is 6.12. The van der Waals surface area contributed by atoms with Crippen LogP contribution in [0.1, 0.15) is 0 Å². The first-order valence-corrected chi connectivity index (χ1v) is 9.79. The van der Waals surface area contributed by atoms with E-state index >= 15 is 0 Å². The third kappa shape index (κ3) is 4.28. The van der Waals surface area contributed by atoms with Gasteiger partial charge >= 0.3 is 6.03 Å².